The summed E-state index contributed by atoms with van der Waals surface area (Å²) in [6.07, 6.45) is 0.547. The van der Waals surface area contributed by atoms with Crippen LogP contribution in [0.4, 0.5) is 4.39 Å². The van der Waals surface area contributed by atoms with E-state index in [1.807, 2.05) is 13.0 Å². The molecular weight excluding hydrogens is 201 g/mol. The summed E-state index contributed by atoms with van der Waals surface area (Å²) in [5.74, 6) is -0.353. The lowest BCUT2D eigenvalue weighted by molar-refractivity contribution is 0.627. The van der Waals surface area contributed by atoms with Gasteiger partial charge in [0.25, 0.3) is 0 Å². The molecule has 1 nitrogen and oxygen atoms in total. The molecule has 1 aromatic carbocycles. The minimum atomic E-state index is -0.353. The molecule has 3 heteroatoms. The molecule has 0 saturated carbocycles. The quantitative estimate of drug-likeness (QED) is 0.682. The number of hydrogen-bond donors (Lipinski definition) is 0. The van der Waals surface area contributed by atoms with Crippen LogP contribution in [0.3, 0.4) is 0 Å². The van der Waals surface area contributed by atoms with Crippen LogP contribution in [0.2, 0.25) is 0 Å². The standard InChI is InChI=1S/C11H9ClFN/c1-2-8(7-14)11(12)9-4-3-5-10(13)6-9/h3-6H,2H2,1H3. The first kappa shape index (κ1) is 10.7. The molecule has 0 amide bonds. The van der Waals surface area contributed by atoms with Gasteiger partial charge in [-0.15, -0.1) is 0 Å². The lowest BCUT2D eigenvalue weighted by Crippen LogP contribution is -1.84. The minimum Gasteiger partial charge on any atom is -0.207 e. The molecule has 1 aromatic rings. The summed E-state index contributed by atoms with van der Waals surface area (Å²) in [5.41, 5.74) is 1.02. The van der Waals surface area contributed by atoms with Gasteiger partial charge in [0.2, 0.25) is 0 Å². The number of allylic oxidation sites excluding steroid dienone is 1. The molecular formula is C11H9ClFN. The number of hydrogen-bond acceptors (Lipinski definition) is 1. The van der Waals surface area contributed by atoms with Crippen molar-refractivity contribution in [2.45, 2.75) is 13.3 Å². The Labute approximate surface area is 87.4 Å². The third-order valence-electron chi connectivity index (χ3n) is 1.83. The highest BCUT2D eigenvalue weighted by atomic mass is 35.5. The van der Waals surface area contributed by atoms with Gasteiger partial charge in [-0.3, -0.25) is 0 Å². The largest absolute Gasteiger partial charge is 0.207 e. The first-order valence-electron chi connectivity index (χ1n) is 4.23. The van der Waals surface area contributed by atoms with E-state index < -0.39 is 0 Å². The first-order chi connectivity index (χ1) is 6.69. The van der Waals surface area contributed by atoms with E-state index in [4.69, 9.17) is 16.9 Å². The summed E-state index contributed by atoms with van der Waals surface area (Å²) in [7, 11) is 0. The number of nitrogens with zero attached hydrogens (tertiary/aromatic N) is 1. The first-order valence-corrected chi connectivity index (χ1v) is 4.61. The fourth-order valence-corrected chi connectivity index (χ4v) is 1.38. The van der Waals surface area contributed by atoms with E-state index in [0.29, 0.717) is 22.6 Å². The van der Waals surface area contributed by atoms with E-state index in [9.17, 15) is 4.39 Å². The van der Waals surface area contributed by atoms with Gasteiger partial charge in [-0.1, -0.05) is 30.7 Å². The molecule has 0 saturated heterocycles. The molecule has 0 atom stereocenters. The van der Waals surface area contributed by atoms with Gasteiger partial charge >= 0.3 is 0 Å². The molecule has 1 rings (SSSR count). The van der Waals surface area contributed by atoms with Gasteiger partial charge in [0.05, 0.1) is 11.1 Å². The SMILES string of the molecule is CCC(C#N)=C(Cl)c1cccc(F)c1. The maximum Gasteiger partial charge on any atom is 0.123 e. The van der Waals surface area contributed by atoms with Crippen molar-refractivity contribution >= 4 is 16.6 Å². The second kappa shape index (κ2) is 4.78. The van der Waals surface area contributed by atoms with Crippen LogP contribution in [-0.2, 0) is 0 Å². The van der Waals surface area contributed by atoms with Crippen LogP contribution in [0.1, 0.15) is 18.9 Å². The molecule has 0 fully saturated rings. The van der Waals surface area contributed by atoms with Crippen molar-refractivity contribution in [3.8, 4) is 6.07 Å². The Morgan fingerprint density at radius 1 is 1.57 bits per heavy atom. The minimum absolute atomic E-state index is 0.328. The Kier molecular flexibility index (Phi) is 3.67. The summed E-state index contributed by atoms with van der Waals surface area (Å²) < 4.78 is 12.8. The highest BCUT2D eigenvalue weighted by Gasteiger charge is 2.05. The molecule has 14 heavy (non-hydrogen) atoms. The molecule has 0 N–H and O–H groups in total. The lowest BCUT2D eigenvalue weighted by atomic mass is 10.1. The van der Waals surface area contributed by atoms with Crippen LogP contribution in [0.25, 0.3) is 5.03 Å². The van der Waals surface area contributed by atoms with Gasteiger partial charge < -0.3 is 0 Å². The van der Waals surface area contributed by atoms with Crippen molar-refractivity contribution in [3.63, 3.8) is 0 Å². The Morgan fingerprint density at radius 3 is 2.79 bits per heavy atom. The second-order valence-corrected chi connectivity index (χ2v) is 3.15. The highest BCUT2D eigenvalue weighted by molar-refractivity contribution is 6.49. The molecule has 72 valence electrons. The van der Waals surface area contributed by atoms with Crippen molar-refractivity contribution in [3.05, 3.63) is 41.2 Å². The van der Waals surface area contributed by atoms with Crippen molar-refractivity contribution in [1.82, 2.24) is 0 Å². The number of benzene rings is 1. The molecule has 0 aliphatic carbocycles. The van der Waals surface area contributed by atoms with Crippen LogP contribution >= 0.6 is 11.6 Å². The predicted octanol–water partition coefficient (Wildman–Crippen LogP) is 3.71. The van der Waals surface area contributed by atoms with Crippen molar-refractivity contribution in [1.29, 1.82) is 5.26 Å². The van der Waals surface area contributed by atoms with Crippen LogP contribution in [0.5, 0.6) is 0 Å². The third-order valence-corrected chi connectivity index (χ3v) is 2.28. The molecule has 0 aromatic heterocycles. The van der Waals surface area contributed by atoms with E-state index in [1.165, 1.54) is 12.1 Å². The summed E-state index contributed by atoms with van der Waals surface area (Å²) >= 11 is 5.93. The van der Waals surface area contributed by atoms with Gasteiger partial charge in [-0.05, 0) is 24.1 Å². The summed E-state index contributed by atoms with van der Waals surface area (Å²) in [6, 6.07) is 7.89. The molecule has 0 spiro atoms. The molecule has 0 heterocycles. The van der Waals surface area contributed by atoms with E-state index in [2.05, 4.69) is 0 Å². The summed E-state index contributed by atoms with van der Waals surface area (Å²) in [6.45, 7) is 1.83. The maximum atomic E-state index is 12.8. The fourth-order valence-electron chi connectivity index (χ4n) is 1.08. The predicted molar refractivity (Wildman–Crippen MR) is 55.1 cm³/mol. The van der Waals surface area contributed by atoms with Gasteiger partial charge in [0.15, 0.2) is 0 Å². The van der Waals surface area contributed by atoms with E-state index in [-0.39, 0.29) is 5.82 Å². The van der Waals surface area contributed by atoms with Crippen molar-refractivity contribution < 1.29 is 4.39 Å². The van der Waals surface area contributed by atoms with E-state index >= 15 is 0 Å². The average molecular weight is 210 g/mol. The van der Waals surface area contributed by atoms with Crippen LogP contribution < -0.4 is 0 Å². The van der Waals surface area contributed by atoms with E-state index in [0.717, 1.165) is 0 Å². The van der Waals surface area contributed by atoms with Gasteiger partial charge in [-0.25, -0.2) is 4.39 Å². The fraction of sp³-hybridized carbons (Fsp3) is 0.182. The van der Waals surface area contributed by atoms with E-state index in [1.54, 1.807) is 12.1 Å². The van der Waals surface area contributed by atoms with Crippen LogP contribution in [0, 0.1) is 17.1 Å². The Bertz CT molecular complexity index is 404. The zero-order chi connectivity index (χ0) is 10.6. The normalized spacial score (nSPS) is 11.9. The highest BCUT2D eigenvalue weighted by Crippen LogP contribution is 2.24. The monoisotopic (exact) mass is 209 g/mol. The molecule has 0 aliphatic heterocycles. The number of rotatable bonds is 2. The van der Waals surface area contributed by atoms with Gasteiger partial charge in [0.1, 0.15) is 5.82 Å². The van der Waals surface area contributed by atoms with Gasteiger partial charge in [0, 0.05) is 5.57 Å². The molecule has 0 aliphatic rings. The Morgan fingerprint density at radius 2 is 2.29 bits per heavy atom. The smallest absolute Gasteiger partial charge is 0.123 e. The third kappa shape index (κ3) is 2.34. The maximum absolute atomic E-state index is 12.8. The van der Waals surface area contributed by atoms with Crippen LogP contribution in [0.15, 0.2) is 29.8 Å². The Balaban J connectivity index is 3.18. The zero-order valence-electron chi connectivity index (χ0n) is 7.72. The van der Waals surface area contributed by atoms with Gasteiger partial charge in [-0.2, -0.15) is 5.26 Å². The number of halogens is 2. The topological polar surface area (TPSA) is 23.8 Å². The van der Waals surface area contributed by atoms with Crippen molar-refractivity contribution in [2.24, 2.45) is 0 Å². The summed E-state index contributed by atoms with van der Waals surface area (Å²) in [4.78, 5) is 0. The molecule has 0 unspecified atom stereocenters. The van der Waals surface area contributed by atoms with Crippen molar-refractivity contribution in [2.75, 3.05) is 0 Å². The molecule has 0 bridgehead atoms. The Hall–Kier alpha value is -1.33. The average Bonchev–Trinajstić information content (AvgIpc) is 2.19. The molecule has 0 radical (unpaired) electrons. The second-order valence-electron chi connectivity index (χ2n) is 2.77. The number of nitriles is 1. The van der Waals surface area contributed by atoms with Crippen LogP contribution in [-0.4, -0.2) is 0 Å². The zero-order valence-corrected chi connectivity index (χ0v) is 8.48. The summed E-state index contributed by atoms with van der Waals surface area (Å²) in [5, 5.41) is 9.07. The lowest BCUT2D eigenvalue weighted by Gasteiger charge is -2.01.